The fraction of sp³-hybridized carbons (Fsp3) is 0.719. The first kappa shape index (κ1) is 28.0. The molecule has 0 aromatic carbocycles. The van der Waals surface area contributed by atoms with Gasteiger partial charge in [0, 0.05) is 12.8 Å². The minimum absolute atomic E-state index is 0.159. The molecule has 7 atom stereocenters. The van der Waals surface area contributed by atoms with E-state index < -0.39 is 6.10 Å². The monoisotopic (exact) mass is 482 g/mol. The molecule has 0 radical (unpaired) electrons. The molecular formula is C32H50O3. The summed E-state index contributed by atoms with van der Waals surface area (Å²) in [4.78, 5) is 12.1. The number of fused-ring (bicyclic) bond motifs is 1. The number of ether oxygens (including phenoxy) is 1. The Labute approximate surface area is 214 Å². The van der Waals surface area contributed by atoms with Gasteiger partial charge in [-0.15, -0.1) is 0 Å². The Morgan fingerprint density at radius 3 is 2.49 bits per heavy atom. The van der Waals surface area contributed by atoms with Crippen molar-refractivity contribution in [1.29, 1.82) is 0 Å². The fourth-order valence-electron chi connectivity index (χ4n) is 6.69. The van der Waals surface area contributed by atoms with E-state index >= 15 is 0 Å². The summed E-state index contributed by atoms with van der Waals surface area (Å²) in [6, 6.07) is 0. The largest absolute Gasteiger partial charge is 0.462 e. The highest BCUT2D eigenvalue weighted by Gasteiger charge is 2.50. The van der Waals surface area contributed by atoms with Crippen molar-refractivity contribution in [2.75, 3.05) is 0 Å². The highest BCUT2D eigenvalue weighted by Crippen LogP contribution is 2.59. The second-order valence-corrected chi connectivity index (χ2v) is 12.6. The van der Waals surface area contributed by atoms with Gasteiger partial charge in [-0.1, -0.05) is 84.9 Å². The number of hydrogen-bond acceptors (Lipinski definition) is 3. The Morgan fingerprint density at radius 1 is 1.11 bits per heavy atom. The summed E-state index contributed by atoms with van der Waals surface area (Å²) in [5.74, 6) is 2.92. The number of carbonyl (C=O) groups excluding carboxylic acids is 1. The summed E-state index contributed by atoms with van der Waals surface area (Å²) in [6.07, 6.45) is 15.9. The first-order valence-corrected chi connectivity index (χ1v) is 14.1. The van der Waals surface area contributed by atoms with Gasteiger partial charge in [0.15, 0.2) is 0 Å². The summed E-state index contributed by atoms with van der Waals surface area (Å²) in [7, 11) is 0. The van der Waals surface area contributed by atoms with Crippen LogP contribution in [-0.2, 0) is 9.53 Å². The molecule has 0 heterocycles. The van der Waals surface area contributed by atoms with E-state index in [0.717, 1.165) is 23.5 Å². The number of aliphatic hydroxyl groups excluding tert-OH is 1. The van der Waals surface area contributed by atoms with Crippen LogP contribution in [0.25, 0.3) is 0 Å². The average molecular weight is 483 g/mol. The van der Waals surface area contributed by atoms with Crippen molar-refractivity contribution in [3.63, 3.8) is 0 Å². The minimum Gasteiger partial charge on any atom is -0.462 e. The Kier molecular flexibility index (Phi) is 9.29. The first-order valence-electron chi connectivity index (χ1n) is 14.1. The predicted molar refractivity (Wildman–Crippen MR) is 146 cm³/mol. The SMILES string of the molecule is C=C1/C(=C\C=C2\CCC[C@]3(C)[C@@H]([C@H](C)/C=C/[C@H](C)C(C)C)CC[C@@H]23)CC(OC(=O)C(C)C)C[C@H]1O. The molecule has 3 nitrogen and oxygen atoms in total. The van der Waals surface area contributed by atoms with Gasteiger partial charge in [-0.05, 0) is 78.3 Å². The van der Waals surface area contributed by atoms with Crippen molar-refractivity contribution in [1.82, 2.24) is 0 Å². The molecule has 35 heavy (non-hydrogen) atoms. The topological polar surface area (TPSA) is 46.5 Å². The minimum atomic E-state index is -0.647. The zero-order valence-electron chi connectivity index (χ0n) is 23.3. The Morgan fingerprint density at radius 2 is 1.83 bits per heavy atom. The van der Waals surface area contributed by atoms with Crippen LogP contribution in [-0.4, -0.2) is 23.3 Å². The highest BCUT2D eigenvalue weighted by molar-refractivity contribution is 5.71. The van der Waals surface area contributed by atoms with E-state index in [2.05, 4.69) is 65.5 Å². The van der Waals surface area contributed by atoms with Gasteiger partial charge in [0.2, 0.25) is 0 Å². The third-order valence-corrected chi connectivity index (χ3v) is 9.44. The summed E-state index contributed by atoms with van der Waals surface area (Å²) < 4.78 is 5.67. The van der Waals surface area contributed by atoms with Crippen LogP contribution in [0.2, 0.25) is 0 Å². The van der Waals surface area contributed by atoms with Crippen molar-refractivity contribution in [2.24, 2.45) is 40.9 Å². The number of hydrogen-bond donors (Lipinski definition) is 1. The second kappa shape index (κ2) is 11.6. The van der Waals surface area contributed by atoms with E-state index in [9.17, 15) is 9.90 Å². The molecule has 0 aromatic heterocycles. The molecule has 3 aliphatic rings. The van der Waals surface area contributed by atoms with E-state index in [4.69, 9.17) is 4.74 Å². The lowest BCUT2D eigenvalue weighted by Gasteiger charge is -2.44. The van der Waals surface area contributed by atoms with Gasteiger partial charge in [-0.25, -0.2) is 0 Å². The van der Waals surface area contributed by atoms with Gasteiger partial charge in [0.05, 0.1) is 12.0 Å². The van der Waals surface area contributed by atoms with E-state index in [0.29, 0.717) is 41.9 Å². The van der Waals surface area contributed by atoms with Crippen LogP contribution < -0.4 is 0 Å². The van der Waals surface area contributed by atoms with Crippen molar-refractivity contribution < 1.29 is 14.6 Å². The molecule has 196 valence electrons. The molecule has 3 saturated carbocycles. The Hall–Kier alpha value is -1.61. The van der Waals surface area contributed by atoms with Crippen LogP contribution in [0, 0.1) is 40.9 Å². The van der Waals surface area contributed by atoms with Crippen LogP contribution >= 0.6 is 0 Å². The van der Waals surface area contributed by atoms with Gasteiger partial charge < -0.3 is 9.84 Å². The third kappa shape index (κ3) is 6.40. The molecule has 0 saturated heterocycles. The van der Waals surface area contributed by atoms with Crippen LogP contribution in [0.5, 0.6) is 0 Å². The smallest absolute Gasteiger partial charge is 0.308 e. The predicted octanol–water partition coefficient (Wildman–Crippen LogP) is 7.82. The Balaban J connectivity index is 1.75. The quantitative estimate of drug-likeness (QED) is 0.297. The van der Waals surface area contributed by atoms with Crippen molar-refractivity contribution in [2.45, 2.75) is 106 Å². The van der Waals surface area contributed by atoms with Gasteiger partial charge >= 0.3 is 5.97 Å². The zero-order valence-corrected chi connectivity index (χ0v) is 23.3. The van der Waals surface area contributed by atoms with E-state index in [1.165, 1.54) is 25.7 Å². The maximum atomic E-state index is 12.1. The lowest BCUT2D eigenvalue weighted by Crippen LogP contribution is -2.35. The third-order valence-electron chi connectivity index (χ3n) is 9.44. The lowest BCUT2D eigenvalue weighted by molar-refractivity contribution is -0.154. The molecule has 0 aromatic rings. The molecule has 0 bridgehead atoms. The van der Waals surface area contributed by atoms with Crippen LogP contribution in [0.4, 0.5) is 0 Å². The van der Waals surface area contributed by atoms with E-state index in [1.54, 1.807) is 5.57 Å². The zero-order chi connectivity index (χ0) is 25.9. The molecule has 0 aliphatic heterocycles. The van der Waals surface area contributed by atoms with Crippen molar-refractivity contribution >= 4 is 5.97 Å². The first-order chi connectivity index (χ1) is 16.4. The van der Waals surface area contributed by atoms with Crippen LogP contribution in [0.3, 0.4) is 0 Å². The van der Waals surface area contributed by atoms with Gasteiger partial charge in [0.1, 0.15) is 6.10 Å². The summed E-state index contributed by atoms with van der Waals surface area (Å²) in [5, 5.41) is 10.6. The molecule has 1 N–H and O–H groups in total. The molecule has 3 aliphatic carbocycles. The lowest BCUT2D eigenvalue weighted by atomic mass is 9.61. The molecule has 3 fully saturated rings. The average Bonchev–Trinajstić information content (AvgIpc) is 3.15. The van der Waals surface area contributed by atoms with E-state index in [1.807, 2.05) is 13.8 Å². The molecule has 3 heteroatoms. The molecule has 0 amide bonds. The Bertz CT molecular complexity index is 860. The number of aliphatic hydroxyl groups is 1. The normalized spacial score (nSPS) is 35.8. The molecule has 3 rings (SSSR count). The standard InChI is InChI=1S/C32H50O3/c1-20(2)22(5)11-12-23(6)28-15-16-29-25(10-9-17-32(28,29)8)13-14-26-18-27(19-30(33)24(26)7)35-31(34)21(3)4/h11-14,20-23,27-30,33H,7,9-10,15-19H2,1-6,8H3/b12-11+,25-13-,26-14-/t22-,23+,27?,28+,29-,30+,32+/m0/s1. The van der Waals surface area contributed by atoms with Gasteiger partial charge in [-0.2, -0.15) is 0 Å². The van der Waals surface area contributed by atoms with Crippen molar-refractivity contribution in [3.05, 3.63) is 47.6 Å². The number of esters is 1. The van der Waals surface area contributed by atoms with Gasteiger partial charge in [-0.3, -0.25) is 4.79 Å². The van der Waals surface area contributed by atoms with Crippen molar-refractivity contribution in [3.8, 4) is 0 Å². The highest BCUT2D eigenvalue weighted by atomic mass is 16.5. The number of rotatable bonds is 7. The number of allylic oxidation sites excluding steroid dienone is 5. The van der Waals surface area contributed by atoms with Gasteiger partial charge in [0.25, 0.3) is 0 Å². The summed E-state index contributed by atoms with van der Waals surface area (Å²) in [5.41, 5.74) is 3.72. The maximum absolute atomic E-state index is 12.1. The fourth-order valence-corrected chi connectivity index (χ4v) is 6.69. The molecule has 1 unspecified atom stereocenters. The van der Waals surface area contributed by atoms with Crippen LogP contribution in [0.1, 0.15) is 93.4 Å². The second-order valence-electron chi connectivity index (χ2n) is 12.6. The molecular weight excluding hydrogens is 432 g/mol. The van der Waals surface area contributed by atoms with E-state index in [-0.39, 0.29) is 18.0 Å². The summed E-state index contributed by atoms with van der Waals surface area (Å²) >= 11 is 0. The molecule has 0 spiro atoms. The maximum Gasteiger partial charge on any atom is 0.308 e. The van der Waals surface area contributed by atoms with Crippen LogP contribution in [0.15, 0.2) is 47.6 Å². The summed E-state index contributed by atoms with van der Waals surface area (Å²) in [6.45, 7) is 19.7. The number of carbonyl (C=O) groups is 1.